The van der Waals surface area contributed by atoms with Crippen LogP contribution in [0, 0.1) is 12.7 Å². The van der Waals surface area contributed by atoms with Crippen molar-refractivity contribution in [3.8, 4) is 0 Å². The first-order valence-electron chi connectivity index (χ1n) is 7.10. The van der Waals surface area contributed by atoms with Gasteiger partial charge in [0.25, 0.3) is 0 Å². The fourth-order valence-corrected chi connectivity index (χ4v) is 2.98. The number of benzene rings is 1. The van der Waals surface area contributed by atoms with Crippen LogP contribution >= 0.6 is 11.8 Å². The molecule has 1 aromatic heterocycles. The van der Waals surface area contributed by atoms with Gasteiger partial charge in [-0.2, -0.15) is 0 Å². The molecule has 21 heavy (non-hydrogen) atoms. The number of nitrogens with one attached hydrogen (secondary N) is 1. The van der Waals surface area contributed by atoms with Crippen molar-refractivity contribution in [2.24, 2.45) is 0 Å². The first-order chi connectivity index (χ1) is 10.1. The summed E-state index contributed by atoms with van der Waals surface area (Å²) in [5, 5.41) is 4.08. The summed E-state index contributed by atoms with van der Waals surface area (Å²) < 4.78 is 13.6. The van der Waals surface area contributed by atoms with Crippen molar-refractivity contribution in [1.29, 1.82) is 0 Å². The lowest BCUT2D eigenvalue weighted by Gasteiger charge is -2.17. The predicted molar refractivity (Wildman–Crippen MR) is 84.0 cm³/mol. The van der Waals surface area contributed by atoms with Crippen LogP contribution < -0.4 is 5.32 Å². The second kappa shape index (κ2) is 7.52. The summed E-state index contributed by atoms with van der Waals surface area (Å²) >= 11 is 1.47. The molecule has 2 aromatic rings. The monoisotopic (exact) mass is 305 g/mol. The van der Waals surface area contributed by atoms with Crippen LogP contribution in [0.2, 0.25) is 0 Å². The van der Waals surface area contributed by atoms with Crippen LogP contribution in [0.1, 0.15) is 37.6 Å². The Morgan fingerprint density at radius 2 is 2.14 bits per heavy atom. The third kappa shape index (κ3) is 4.51. The van der Waals surface area contributed by atoms with Gasteiger partial charge in [-0.1, -0.05) is 6.92 Å². The smallest absolute Gasteiger partial charge is 0.192 e. The lowest BCUT2D eigenvalue weighted by atomic mass is 10.1. The van der Waals surface area contributed by atoms with Crippen LogP contribution in [0.5, 0.6) is 0 Å². The Morgan fingerprint density at radius 3 is 2.86 bits per heavy atom. The molecule has 0 spiro atoms. The largest absolute Gasteiger partial charge is 0.310 e. The van der Waals surface area contributed by atoms with E-state index >= 15 is 0 Å². The third-order valence-electron chi connectivity index (χ3n) is 3.11. The molecule has 0 saturated heterocycles. The van der Waals surface area contributed by atoms with Crippen LogP contribution in [0.25, 0.3) is 0 Å². The molecule has 0 aliphatic rings. The molecule has 0 amide bonds. The molecule has 0 fully saturated rings. The number of halogens is 1. The van der Waals surface area contributed by atoms with E-state index < -0.39 is 0 Å². The Kier molecular flexibility index (Phi) is 5.70. The lowest BCUT2D eigenvalue weighted by Crippen LogP contribution is -2.20. The van der Waals surface area contributed by atoms with E-state index in [2.05, 4.69) is 22.2 Å². The quantitative estimate of drug-likeness (QED) is 0.814. The molecule has 0 radical (unpaired) electrons. The molecule has 5 heteroatoms. The number of aryl methyl sites for hydroxylation is 1. The number of nitrogens with zero attached hydrogens (tertiary/aromatic N) is 2. The Bertz CT molecular complexity index is 604. The fourth-order valence-electron chi connectivity index (χ4n) is 1.99. The Morgan fingerprint density at radius 1 is 1.33 bits per heavy atom. The highest BCUT2D eigenvalue weighted by molar-refractivity contribution is 7.99. The number of rotatable bonds is 6. The minimum atomic E-state index is -0.218. The average Bonchev–Trinajstić information content (AvgIpc) is 2.46. The molecule has 112 valence electrons. The lowest BCUT2D eigenvalue weighted by molar-refractivity contribution is 0.554. The maximum atomic E-state index is 13.6. The van der Waals surface area contributed by atoms with E-state index in [4.69, 9.17) is 0 Å². The van der Waals surface area contributed by atoms with Crippen LogP contribution in [0.4, 0.5) is 4.39 Å². The van der Waals surface area contributed by atoms with Gasteiger partial charge in [0.05, 0.1) is 0 Å². The molecule has 0 saturated carbocycles. The summed E-state index contributed by atoms with van der Waals surface area (Å²) in [5.74, 6) is -0.218. The highest BCUT2D eigenvalue weighted by atomic mass is 32.2. The summed E-state index contributed by atoms with van der Waals surface area (Å²) in [6.07, 6.45) is 2.79. The minimum Gasteiger partial charge on any atom is -0.310 e. The van der Waals surface area contributed by atoms with Gasteiger partial charge in [0, 0.05) is 22.8 Å². The molecule has 1 heterocycles. The van der Waals surface area contributed by atoms with E-state index in [1.54, 1.807) is 18.3 Å². The van der Waals surface area contributed by atoms with Gasteiger partial charge < -0.3 is 5.32 Å². The van der Waals surface area contributed by atoms with E-state index in [1.807, 2.05) is 19.9 Å². The highest BCUT2D eigenvalue weighted by Gasteiger charge is 2.13. The fraction of sp³-hybridized carbons (Fsp3) is 0.375. The zero-order valence-electron chi connectivity index (χ0n) is 12.6. The molecule has 1 unspecified atom stereocenters. The van der Waals surface area contributed by atoms with Crippen molar-refractivity contribution in [2.45, 2.75) is 43.3 Å². The summed E-state index contributed by atoms with van der Waals surface area (Å²) in [5.41, 5.74) is 1.87. The van der Waals surface area contributed by atoms with Crippen LogP contribution in [0.15, 0.2) is 40.5 Å². The van der Waals surface area contributed by atoms with Crippen LogP contribution in [-0.4, -0.2) is 16.5 Å². The van der Waals surface area contributed by atoms with Crippen LogP contribution in [-0.2, 0) is 0 Å². The number of aromatic nitrogens is 2. The molecule has 0 bridgehead atoms. The van der Waals surface area contributed by atoms with Crippen LogP contribution in [0.3, 0.4) is 0 Å². The van der Waals surface area contributed by atoms with Gasteiger partial charge in [-0.15, -0.1) is 0 Å². The van der Waals surface area contributed by atoms with Crippen molar-refractivity contribution >= 4 is 11.8 Å². The van der Waals surface area contributed by atoms with Crippen molar-refractivity contribution in [2.75, 3.05) is 6.54 Å². The van der Waals surface area contributed by atoms with Gasteiger partial charge in [-0.25, -0.2) is 14.4 Å². The first-order valence-corrected chi connectivity index (χ1v) is 7.92. The Labute approximate surface area is 129 Å². The van der Waals surface area contributed by atoms with Gasteiger partial charge in [0.1, 0.15) is 5.82 Å². The maximum Gasteiger partial charge on any atom is 0.192 e. The third-order valence-corrected chi connectivity index (χ3v) is 4.08. The van der Waals surface area contributed by atoms with E-state index in [0.717, 1.165) is 29.1 Å². The van der Waals surface area contributed by atoms with E-state index in [1.165, 1.54) is 17.8 Å². The van der Waals surface area contributed by atoms with Crippen molar-refractivity contribution in [3.63, 3.8) is 0 Å². The summed E-state index contributed by atoms with van der Waals surface area (Å²) in [7, 11) is 0. The standard InChI is InChI=1S/C16H20FN3S/c1-4-8-18-12(3)14-10-13(17)5-6-15(14)21-16-19-9-7-11(2)20-16/h5-7,9-10,12,18H,4,8H2,1-3H3. The van der Waals surface area contributed by atoms with E-state index in [-0.39, 0.29) is 11.9 Å². The molecule has 3 nitrogen and oxygen atoms in total. The molecule has 2 rings (SSSR count). The summed E-state index contributed by atoms with van der Waals surface area (Å²) in [6.45, 7) is 7.00. The van der Waals surface area contributed by atoms with Gasteiger partial charge in [-0.05, 0) is 68.4 Å². The second-order valence-electron chi connectivity index (χ2n) is 4.94. The van der Waals surface area contributed by atoms with Gasteiger partial charge >= 0.3 is 0 Å². The van der Waals surface area contributed by atoms with Crippen molar-refractivity contribution < 1.29 is 4.39 Å². The zero-order chi connectivity index (χ0) is 15.2. The Hall–Kier alpha value is -1.46. The summed E-state index contributed by atoms with van der Waals surface area (Å²) in [4.78, 5) is 9.63. The first kappa shape index (κ1) is 15.9. The summed E-state index contributed by atoms with van der Waals surface area (Å²) in [6, 6.07) is 6.82. The number of hydrogen-bond acceptors (Lipinski definition) is 4. The number of hydrogen-bond donors (Lipinski definition) is 1. The van der Waals surface area contributed by atoms with Gasteiger partial charge in [-0.3, -0.25) is 0 Å². The second-order valence-corrected chi connectivity index (χ2v) is 5.95. The molecule has 0 aliphatic carbocycles. The maximum absolute atomic E-state index is 13.6. The average molecular weight is 305 g/mol. The predicted octanol–water partition coefficient (Wildman–Crippen LogP) is 4.14. The minimum absolute atomic E-state index is 0.0907. The van der Waals surface area contributed by atoms with Crippen molar-refractivity contribution in [3.05, 3.63) is 47.5 Å². The normalized spacial score (nSPS) is 12.4. The zero-order valence-corrected chi connectivity index (χ0v) is 13.4. The molecular weight excluding hydrogens is 285 g/mol. The van der Waals surface area contributed by atoms with E-state index in [0.29, 0.717) is 5.16 Å². The van der Waals surface area contributed by atoms with Crippen molar-refractivity contribution in [1.82, 2.24) is 15.3 Å². The molecule has 0 aliphatic heterocycles. The van der Waals surface area contributed by atoms with Gasteiger partial charge in [0.2, 0.25) is 0 Å². The van der Waals surface area contributed by atoms with Gasteiger partial charge in [0.15, 0.2) is 5.16 Å². The molecule has 1 aromatic carbocycles. The molecule has 1 N–H and O–H groups in total. The molecule has 1 atom stereocenters. The topological polar surface area (TPSA) is 37.8 Å². The SMILES string of the molecule is CCCNC(C)c1cc(F)ccc1Sc1nccc(C)n1. The van der Waals surface area contributed by atoms with E-state index in [9.17, 15) is 4.39 Å². The molecular formula is C16H20FN3S. The Balaban J connectivity index is 2.26. The highest BCUT2D eigenvalue weighted by Crippen LogP contribution is 2.32.